The van der Waals surface area contributed by atoms with E-state index in [4.69, 9.17) is 9.84 Å². The molecular weight excluding hydrogens is 298 g/mol. The zero-order chi connectivity index (χ0) is 17.7. The topological polar surface area (TPSA) is 96.7 Å². The first kappa shape index (κ1) is 21.3. The van der Waals surface area contributed by atoms with Crippen molar-refractivity contribution in [2.75, 3.05) is 26.3 Å². The van der Waals surface area contributed by atoms with Gasteiger partial charge in [0, 0.05) is 37.3 Å². The number of nitro groups is 1. The lowest BCUT2D eigenvalue weighted by atomic mass is 10.3. The first-order valence-electron chi connectivity index (χ1n) is 7.81. The number of nitro benzene ring substituents is 1. The summed E-state index contributed by atoms with van der Waals surface area (Å²) in [5.74, 6) is 0.649. The zero-order valence-electron chi connectivity index (χ0n) is 14.4. The number of hydrogen-bond acceptors (Lipinski definition) is 6. The molecule has 0 unspecified atom stereocenters. The van der Waals surface area contributed by atoms with Gasteiger partial charge in [-0.1, -0.05) is 27.7 Å². The van der Waals surface area contributed by atoms with Gasteiger partial charge in [-0.15, -0.1) is 0 Å². The van der Waals surface area contributed by atoms with Crippen LogP contribution < -0.4 is 15.4 Å². The number of benzene rings is 1. The predicted molar refractivity (Wildman–Crippen MR) is 92.0 cm³/mol. The third-order valence-electron chi connectivity index (χ3n) is 2.64. The van der Waals surface area contributed by atoms with Crippen LogP contribution in [0.15, 0.2) is 24.3 Å². The Morgan fingerprint density at radius 3 is 2.00 bits per heavy atom. The molecule has 0 spiro atoms. The van der Waals surface area contributed by atoms with Gasteiger partial charge >= 0.3 is 0 Å². The van der Waals surface area contributed by atoms with Gasteiger partial charge in [0.2, 0.25) is 0 Å². The van der Waals surface area contributed by atoms with Crippen LogP contribution in [0, 0.1) is 10.1 Å². The van der Waals surface area contributed by atoms with E-state index in [-0.39, 0.29) is 12.3 Å². The SMILES string of the molecule is CC(C)NCCO.CC(C)NCCOc1ccc([N+](=O)[O-])cc1. The molecule has 0 bridgehead atoms. The van der Waals surface area contributed by atoms with E-state index in [9.17, 15) is 10.1 Å². The quantitative estimate of drug-likeness (QED) is 0.364. The highest BCUT2D eigenvalue weighted by atomic mass is 16.6. The molecule has 7 heteroatoms. The second kappa shape index (κ2) is 12.8. The normalized spacial score (nSPS) is 10.4. The lowest BCUT2D eigenvalue weighted by molar-refractivity contribution is -0.384. The first-order valence-corrected chi connectivity index (χ1v) is 7.81. The highest BCUT2D eigenvalue weighted by Crippen LogP contribution is 2.16. The van der Waals surface area contributed by atoms with Crippen molar-refractivity contribution in [2.24, 2.45) is 0 Å². The van der Waals surface area contributed by atoms with Crippen molar-refractivity contribution in [3.05, 3.63) is 34.4 Å². The van der Waals surface area contributed by atoms with Gasteiger partial charge in [0.1, 0.15) is 12.4 Å². The second-order valence-corrected chi connectivity index (χ2v) is 5.54. The third-order valence-corrected chi connectivity index (χ3v) is 2.64. The number of hydrogen-bond donors (Lipinski definition) is 3. The maximum Gasteiger partial charge on any atom is 0.269 e. The fraction of sp³-hybridized carbons (Fsp3) is 0.625. The Morgan fingerprint density at radius 2 is 1.61 bits per heavy atom. The summed E-state index contributed by atoms with van der Waals surface area (Å²) < 4.78 is 5.41. The van der Waals surface area contributed by atoms with Crippen LogP contribution in [0.3, 0.4) is 0 Å². The second-order valence-electron chi connectivity index (χ2n) is 5.54. The van der Waals surface area contributed by atoms with Crippen molar-refractivity contribution in [1.29, 1.82) is 0 Å². The molecule has 1 aromatic carbocycles. The summed E-state index contributed by atoms with van der Waals surface area (Å²) >= 11 is 0. The van der Waals surface area contributed by atoms with Gasteiger partial charge in [0.15, 0.2) is 0 Å². The zero-order valence-corrected chi connectivity index (χ0v) is 14.4. The molecule has 23 heavy (non-hydrogen) atoms. The fourth-order valence-electron chi connectivity index (χ4n) is 1.53. The van der Waals surface area contributed by atoms with Crippen molar-refractivity contribution in [3.8, 4) is 5.75 Å². The molecular formula is C16H29N3O4. The Bertz CT molecular complexity index is 422. The van der Waals surface area contributed by atoms with Crippen LogP contribution in [0.1, 0.15) is 27.7 Å². The van der Waals surface area contributed by atoms with Crippen molar-refractivity contribution >= 4 is 5.69 Å². The Hall–Kier alpha value is -1.70. The van der Waals surface area contributed by atoms with Crippen LogP contribution in [-0.2, 0) is 0 Å². The van der Waals surface area contributed by atoms with Gasteiger partial charge in [-0.3, -0.25) is 10.1 Å². The molecule has 0 fully saturated rings. The van der Waals surface area contributed by atoms with Gasteiger partial charge in [-0.2, -0.15) is 0 Å². The summed E-state index contributed by atoms with van der Waals surface area (Å²) in [7, 11) is 0. The number of aliphatic hydroxyl groups excluding tert-OH is 1. The predicted octanol–water partition coefficient (Wildman–Crippen LogP) is 1.95. The van der Waals surface area contributed by atoms with Gasteiger partial charge < -0.3 is 20.5 Å². The Balaban J connectivity index is 0.000000585. The minimum atomic E-state index is -0.426. The molecule has 0 aliphatic heterocycles. The number of rotatable bonds is 9. The van der Waals surface area contributed by atoms with Crippen molar-refractivity contribution < 1.29 is 14.8 Å². The molecule has 1 rings (SSSR count). The number of nitrogens with zero attached hydrogens (tertiary/aromatic N) is 1. The minimum Gasteiger partial charge on any atom is -0.492 e. The molecule has 1 aromatic rings. The maximum absolute atomic E-state index is 10.4. The molecule has 0 aliphatic carbocycles. The van der Waals surface area contributed by atoms with E-state index in [1.165, 1.54) is 12.1 Å². The number of aliphatic hydroxyl groups is 1. The molecule has 0 amide bonds. The molecule has 0 aliphatic rings. The van der Waals surface area contributed by atoms with E-state index >= 15 is 0 Å². The average molecular weight is 327 g/mol. The van der Waals surface area contributed by atoms with E-state index in [0.717, 1.165) is 6.54 Å². The lowest BCUT2D eigenvalue weighted by Crippen LogP contribution is -2.27. The molecule has 0 atom stereocenters. The molecule has 0 aromatic heterocycles. The molecule has 7 nitrogen and oxygen atoms in total. The summed E-state index contributed by atoms with van der Waals surface area (Å²) in [6, 6.07) is 7.00. The van der Waals surface area contributed by atoms with Crippen molar-refractivity contribution in [3.63, 3.8) is 0 Å². The summed E-state index contributed by atoms with van der Waals surface area (Å²) in [5, 5.41) is 24.9. The molecule has 0 heterocycles. The van der Waals surface area contributed by atoms with Gasteiger partial charge in [-0.25, -0.2) is 0 Å². The van der Waals surface area contributed by atoms with Gasteiger partial charge in [0.05, 0.1) is 11.5 Å². The summed E-state index contributed by atoms with van der Waals surface area (Å²) in [4.78, 5) is 9.98. The van der Waals surface area contributed by atoms with Crippen LogP contribution in [0.4, 0.5) is 5.69 Å². The van der Waals surface area contributed by atoms with Crippen LogP contribution in [0.5, 0.6) is 5.75 Å². The monoisotopic (exact) mass is 327 g/mol. The van der Waals surface area contributed by atoms with E-state index in [1.807, 2.05) is 0 Å². The Kier molecular flexibility index (Phi) is 11.9. The van der Waals surface area contributed by atoms with E-state index < -0.39 is 4.92 Å². The summed E-state index contributed by atoms with van der Waals surface area (Å²) in [6.45, 7) is 10.5. The Labute approximate surface area is 138 Å². The molecule has 0 saturated heterocycles. The number of ether oxygens (including phenoxy) is 1. The van der Waals surface area contributed by atoms with Crippen molar-refractivity contribution in [1.82, 2.24) is 10.6 Å². The molecule has 3 N–H and O–H groups in total. The number of non-ortho nitro benzene ring substituents is 1. The third kappa shape index (κ3) is 12.5. The summed E-state index contributed by atoms with van der Waals surface area (Å²) in [5.41, 5.74) is 0.0765. The molecule has 0 radical (unpaired) electrons. The summed E-state index contributed by atoms with van der Waals surface area (Å²) in [6.07, 6.45) is 0. The highest BCUT2D eigenvalue weighted by Gasteiger charge is 2.03. The first-order chi connectivity index (χ1) is 10.9. The standard InChI is InChI=1S/C11H16N2O3.C5H13NO/c1-9(2)12-7-8-16-11-5-3-10(4-6-11)13(14)15;1-5(2)6-3-4-7/h3-6,9,12H,7-8H2,1-2H3;5-7H,3-4H2,1-2H3. The average Bonchev–Trinajstić information content (AvgIpc) is 2.50. The van der Waals surface area contributed by atoms with E-state index in [1.54, 1.807) is 12.1 Å². The van der Waals surface area contributed by atoms with Crippen LogP contribution in [0.25, 0.3) is 0 Å². The largest absolute Gasteiger partial charge is 0.492 e. The molecule has 0 saturated carbocycles. The van der Waals surface area contributed by atoms with E-state index in [0.29, 0.717) is 31.0 Å². The molecule has 132 valence electrons. The fourth-order valence-corrected chi connectivity index (χ4v) is 1.53. The van der Waals surface area contributed by atoms with Gasteiger partial charge in [-0.05, 0) is 12.1 Å². The maximum atomic E-state index is 10.4. The van der Waals surface area contributed by atoms with Crippen LogP contribution >= 0.6 is 0 Å². The van der Waals surface area contributed by atoms with Crippen molar-refractivity contribution in [2.45, 2.75) is 39.8 Å². The lowest BCUT2D eigenvalue weighted by Gasteiger charge is -2.09. The highest BCUT2D eigenvalue weighted by molar-refractivity contribution is 5.35. The van der Waals surface area contributed by atoms with Crippen LogP contribution in [0.2, 0.25) is 0 Å². The minimum absolute atomic E-state index is 0.0765. The Morgan fingerprint density at radius 1 is 1.09 bits per heavy atom. The smallest absolute Gasteiger partial charge is 0.269 e. The number of nitrogens with one attached hydrogen (secondary N) is 2. The van der Waals surface area contributed by atoms with Gasteiger partial charge in [0.25, 0.3) is 5.69 Å². The van der Waals surface area contributed by atoms with Crippen LogP contribution in [-0.4, -0.2) is 48.4 Å². The van der Waals surface area contributed by atoms with E-state index in [2.05, 4.69) is 38.3 Å².